The molecule has 0 bridgehead atoms. The highest BCUT2D eigenvalue weighted by atomic mass is 32.3. The summed E-state index contributed by atoms with van der Waals surface area (Å²) < 4.78 is 33.8. The maximum Gasteiger partial charge on any atom is 0.408 e. The molecule has 6 nitrogen and oxygen atoms in total. The van der Waals surface area contributed by atoms with Gasteiger partial charge in [-0.25, -0.2) is 0 Å². The van der Waals surface area contributed by atoms with Crippen molar-refractivity contribution in [1.29, 1.82) is 0 Å². The van der Waals surface area contributed by atoms with Crippen LogP contribution in [-0.4, -0.2) is 26.1 Å². The minimum atomic E-state index is -4.49. The molecule has 0 aliphatic heterocycles. The third kappa shape index (κ3) is 4.37. The van der Waals surface area contributed by atoms with Gasteiger partial charge in [-0.2, -0.15) is 12.0 Å². The molecule has 1 aromatic rings. The molecule has 0 heterocycles. The molecule has 0 saturated heterocycles. The van der Waals surface area contributed by atoms with E-state index in [9.17, 15) is 8.42 Å². The maximum absolute atomic E-state index is 10.5. The molecule has 1 aromatic carbocycles. The van der Waals surface area contributed by atoms with Crippen LogP contribution in [0.3, 0.4) is 0 Å². The van der Waals surface area contributed by atoms with Crippen molar-refractivity contribution in [2.75, 3.05) is 23.7 Å². The molecule has 0 radical (unpaired) electrons. The Morgan fingerprint density at radius 2 is 2.00 bits per heavy atom. The molecule has 102 valence electrons. The molecule has 0 aromatic heterocycles. The number of rotatable bonds is 6. The number of anilines is 2. The molecule has 1 rings (SSSR count). The Balaban J connectivity index is 2.94. The van der Waals surface area contributed by atoms with Crippen molar-refractivity contribution in [3.63, 3.8) is 0 Å². The quantitative estimate of drug-likeness (QED) is 0.470. The largest absolute Gasteiger partial charge is 0.408 e. The Hall–Kier alpha value is -0.960. The fraction of sp³-hybridized carbons (Fsp3) is 0.400. The number of nitrogens with two attached hydrogens (primary N) is 1. The van der Waals surface area contributed by atoms with Crippen molar-refractivity contribution in [3.05, 3.63) is 18.2 Å². The van der Waals surface area contributed by atoms with Gasteiger partial charge in [0.05, 0.1) is 16.9 Å². The molecule has 0 unspecified atom stereocenters. The smallest absolute Gasteiger partial charge is 0.398 e. The SMILES string of the molecule is CCN(CC)c1ccc(N)c(SOS(=O)(=O)O)c1. The molecular weight excluding hydrogens is 276 g/mol. The van der Waals surface area contributed by atoms with Crippen molar-refractivity contribution in [2.45, 2.75) is 18.7 Å². The van der Waals surface area contributed by atoms with Gasteiger partial charge in [-0.3, -0.25) is 4.55 Å². The van der Waals surface area contributed by atoms with Gasteiger partial charge in [0.25, 0.3) is 0 Å². The molecule has 0 aliphatic carbocycles. The summed E-state index contributed by atoms with van der Waals surface area (Å²) in [4.78, 5) is 2.52. The van der Waals surface area contributed by atoms with Crippen molar-refractivity contribution < 1.29 is 16.6 Å². The van der Waals surface area contributed by atoms with Gasteiger partial charge < -0.3 is 10.6 Å². The number of hydrogen-bond acceptors (Lipinski definition) is 6. The predicted octanol–water partition coefficient (Wildman–Crippen LogP) is 1.94. The molecule has 3 N–H and O–H groups in total. The highest BCUT2D eigenvalue weighted by Crippen LogP contribution is 2.31. The van der Waals surface area contributed by atoms with E-state index in [1.54, 1.807) is 12.1 Å². The lowest BCUT2D eigenvalue weighted by Crippen LogP contribution is -2.21. The minimum absolute atomic E-state index is 0.388. The van der Waals surface area contributed by atoms with Crippen LogP contribution in [0.2, 0.25) is 0 Å². The Morgan fingerprint density at radius 1 is 1.39 bits per heavy atom. The number of benzene rings is 1. The fourth-order valence-electron chi connectivity index (χ4n) is 1.46. The summed E-state index contributed by atoms with van der Waals surface area (Å²) in [5.41, 5.74) is 7.01. The van der Waals surface area contributed by atoms with Crippen LogP contribution in [-0.2, 0) is 14.0 Å². The van der Waals surface area contributed by atoms with E-state index in [1.807, 2.05) is 19.9 Å². The van der Waals surface area contributed by atoms with Gasteiger partial charge in [0, 0.05) is 24.5 Å². The van der Waals surface area contributed by atoms with E-state index in [4.69, 9.17) is 10.3 Å². The predicted molar refractivity (Wildman–Crippen MR) is 72.9 cm³/mol. The van der Waals surface area contributed by atoms with Crippen LogP contribution in [0.25, 0.3) is 0 Å². The summed E-state index contributed by atoms with van der Waals surface area (Å²) in [5, 5.41) is 0. The first-order valence-corrected chi connectivity index (χ1v) is 7.46. The van der Waals surface area contributed by atoms with Gasteiger partial charge >= 0.3 is 10.4 Å². The fourth-order valence-corrected chi connectivity index (χ4v) is 2.43. The van der Waals surface area contributed by atoms with Gasteiger partial charge in [-0.1, -0.05) is 0 Å². The average Bonchev–Trinajstić information content (AvgIpc) is 2.30. The van der Waals surface area contributed by atoms with E-state index in [-0.39, 0.29) is 0 Å². The van der Waals surface area contributed by atoms with E-state index in [1.165, 1.54) is 0 Å². The van der Waals surface area contributed by atoms with Crippen LogP contribution in [0.1, 0.15) is 13.8 Å². The molecule has 0 saturated carbocycles. The Morgan fingerprint density at radius 3 is 2.50 bits per heavy atom. The second-order valence-electron chi connectivity index (χ2n) is 3.47. The lowest BCUT2D eigenvalue weighted by molar-refractivity contribution is 0.408. The summed E-state index contributed by atoms with van der Waals surface area (Å²) in [7, 11) is -4.49. The van der Waals surface area contributed by atoms with Crippen molar-refractivity contribution in [1.82, 2.24) is 0 Å². The lowest BCUT2D eigenvalue weighted by Gasteiger charge is -2.21. The van der Waals surface area contributed by atoms with Crippen LogP contribution >= 0.6 is 12.0 Å². The monoisotopic (exact) mass is 292 g/mol. The number of nitrogens with zero attached hydrogens (tertiary/aromatic N) is 1. The van der Waals surface area contributed by atoms with Crippen LogP contribution in [0.4, 0.5) is 11.4 Å². The minimum Gasteiger partial charge on any atom is -0.398 e. The normalized spacial score (nSPS) is 11.5. The zero-order valence-corrected chi connectivity index (χ0v) is 11.8. The van der Waals surface area contributed by atoms with Crippen molar-refractivity contribution in [3.8, 4) is 0 Å². The maximum atomic E-state index is 10.5. The zero-order chi connectivity index (χ0) is 13.8. The van der Waals surface area contributed by atoms with Crippen molar-refractivity contribution in [2.24, 2.45) is 0 Å². The van der Waals surface area contributed by atoms with Crippen LogP contribution in [0.15, 0.2) is 23.1 Å². The Labute approximate surface area is 111 Å². The van der Waals surface area contributed by atoms with E-state index >= 15 is 0 Å². The molecule has 0 atom stereocenters. The second kappa shape index (κ2) is 6.28. The highest BCUT2D eigenvalue weighted by molar-refractivity contribution is 8.02. The lowest BCUT2D eigenvalue weighted by atomic mass is 10.2. The van der Waals surface area contributed by atoms with Crippen LogP contribution in [0, 0.1) is 0 Å². The van der Waals surface area contributed by atoms with E-state index in [2.05, 4.69) is 8.53 Å². The van der Waals surface area contributed by atoms with Gasteiger partial charge in [-0.05, 0) is 32.0 Å². The Kier molecular flexibility index (Phi) is 5.27. The number of nitrogen functional groups attached to an aromatic ring is 1. The van der Waals surface area contributed by atoms with Crippen LogP contribution < -0.4 is 10.6 Å². The summed E-state index contributed by atoms with van der Waals surface area (Å²) in [5.74, 6) is 0. The molecule has 8 heteroatoms. The van der Waals surface area contributed by atoms with Crippen molar-refractivity contribution >= 4 is 33.8 Å². The van der Waals surface area contributed by atoms with Gasteiger partial charge in [0.1, 0.15) is 0 Å². The van der Waals surface area contributed by atoms with E-state index < -0.39 is 10.4 Å². The first-order chi connectivity index (χ1) is 8.37. The summed E-state index contributed by atoms with van der Waals surface area (Å²) in [6.45, 7) is 5.68. The van der Waals surface area contributed by atoms with E-state index in [0.717, 1.165) is 18.8 Å². The Bertz CT molecular complexity index is 501. The number of hydrogen-bond donors (Lipinski definition) is 2. The summed E-state index contributed by atoms with van der Waals surface area (Å²) >= 11 is 0.517. The standard InChI is InChI=1S/C10H16N2O4S2/c1-3-12(4-2)8-5-6-9(11)10(7-8)17-16-18(13,14)15/h5-7H,3-4,11H2,1-2H3,(H,13,14,15). The van der Waals surface area contributed by atoms with Crippen LogP contribution in [0.5, 0.6) is 0 Å². The molecule has 0 aliphatic rings. The zero-order valence-electron chi connectivity index (χ0n) is 10.2. The van der Waals surface area contributed by atoms with Gasteiger partial charge in [0.2, 0.25) is 0 Å². The topological polar surface area (TPSA) is 92.9 Å². The van der Waals surface area contributed by atoms with E-state index in [0.29, 0.717) is 22.6 Å². The summed E-state index contributed by atoms with van der Waals surface area (Å²) in [6.07, 6.45) is 0. The molecule has 0 fully saturated rings. The molecular formula is C10H16N2O4S2. The third-order valence-corrected chi connectivity index (χ3v) is 3.83. The van der Waals surface area contributed by atoms with Gasteiger partial charge in [0.15, 0.2) is 0 Å². The van der Waals surface area contributed by atoms with Gasteiger partial charge in [-0.15, -0.1) is 0 Å². The first kappa shape index (κ1) is 15.1. The molecule has 0 spiro atoms. The molecule has 18 heavy (non-hydrogen) atoms. The first-order valence-electron chi connectivity index (χ1n) is 5.35. The average molecular weight is 292 g/mol. The third-order valence-electron chi connectivity index (χ3n) is 2.34. The molecule has 0 amide bonds. The second-order valence-corrected chi connectivity index (χ2v) is 5.48. The summed E-state index contributed by atoms with van der Waals surface area (Å²) in [6, 6.07) is 5.24. The highest BCUT2D eigenvalue weighted by Gasteiger charge is 2.11.